The number of rotatable bonds is 6. The molecule has 1 aromatic rings. The van der Waals surface area contributed by atoms with Crippen LogP contribution in [0, 0.1) is 0 Å². The molecule has 1 saturated heterocycles. The van der Waals surface area contributed by atoms with Crippen LogP contribution in [0.2, 0.25) is 0 Å². The van der Waals surface area contributed by atoms with Gasteiger partial charge in [-0.2, -0.15) is 0 Å². The SMILES string of the molecule is NNC(CCC1CCCO1)c1ccccc1C1CCC1. The molecule has 0 aromatic heterocycles. The third-order valence-corrected chi connectivity index (χ3v) is 4.92. The molecule has 3 N–H and O–H groups in total. The molecule has 1 aliphatic heterocycles. The summed E-state index contributed by atoms with van der Waals surface area (Å²) in [5.41, 5.74) is 5.94. The van der Waals surface area contributed by atoms with Gasteiger partial charge in [-0.25, -0.2) is 0 Å². The second kappa shape index (κ2) is 6.70. The smallest absolute Gasteiger partial charge is 0.0576 e. The molecule has 20 heavy (non-hydrogen) atoms. The van der Waals surface area contributed by atoms with Crippen molar-refractivity contribution in [2.75, 3.05) is 6.61 Å². The van der Waals surface area contributed by atoms with E-state index >= 15 is 0 Å². The molecular formula is C17H26N2O. The van der Waals surface area contributed by atoms with Crippen molar-refractivity contribution >= 4 is 0 Å². The summed E-state index contributed by atoms with van der Waals surface area (Å²) in [7, 11) is 0. The predicted molar refractivity (Wildman–Crippen MR) is 81.3 cm³/mol. The van der Waals surface area contributed by atoms with Gasteiger partial charge in [-0.1, -0.05) is 30.7 Å². The summed E-state index contributed by atoms with van der Waals surface area (Å²) < 4.78 is 5.73. The number of nitrogens with two attached hydrogens (primary N) is 1. The molecule has 3 rings (SSSR count). The Morgan fingerprint density at radius 1 is 1.20 bits per heavy atom. The molecule has 3 heteroatoms. The fourth-order valence-electron chi connectivity index (χ4n) is 3.47. The van der Waals surface area contributed by atoms with Crippen LogP contribution in [0.15, 0.2) is 24.3 Å². The largest absolute Gasteiger partial charge is 0.378 e. The highest BCUT2D eigenvalue weighted by atomic mass is 16.5. The molecule has 0 amide bonds. The van der Waals surface area contributed by atoms with Crippen molar-refractivity contribution in [3.63, 3.8) is 0 Å². The first-order chi connectivity index (χ1) is 9.88. The van der Waals surface area contributed by atoms with E-state index in [-0.39, 0.29) is 6.04 Å². The Hall–Kier alpha value is -0.900. The molecular weight excluding hydrogens is 248 g/mol. The van der Waals surface area contributed by atoms with Crippen molar-refractivity contribution in [3.8, 4) is 0 Å². The molecule has 2 atom stereocenters. The standard InChI is InChI=1S/C17H26N2O/c18-19-17(11-10-14-7-4-12-20-14)16-9-2-1-8-15(16)13-5-3-6-13/h1-2,8-9,13-14,17,19H,3-7,10-12,18H2. The van der Waals surface area contributed by atoms with Crippen LogP contribution in [0.3, 0.4) is 0 Å². The summed E-state index contributed by atoms with van der Waals surface area (Å²) in [6, 6.07) is 9.08. The second-order valence-electron chi connectivity index (χ2n) is 6.19. The van der Waals surface area contributed by atoms with Gasteiger partial charge in [0.2, 0.25) is 0 Å². The molecule has 1 aromatic carbocycles. The minimum atomic E-state index is 0.260. The molecule has 0 bridgehead atoms. The minimum Gasteiger partial charge on any atom is -0.378 e. The molecule has 0 spiro atoms. The Bertz CT molecular complexity index is 425. The van der Waals surface area contributed by atoms with Crippen molar-refractivity contribution in [3.05, 3.63) is 35.4 Å². The molecule has 2 fully saturated rings. The first kappa shape index (κ1) is 14.1. The maximum Gasteiger partial charge on any atom is 0.0576 e. The molecule has 1 saturated carbocycles. The fourth-order valence-corrected chi connectivity index (χ4v) is 3.47. The van der Waals surface area contributed by atoms with Gasteiger partial charge in [-0.05, 0) is 55.6 Å². The second-order valence-corrected chi connectivity index (χ2v) is 6.19. The third-order valence-electron chi connectivity index (χ3n) is 4.92. The van der Waals surface area contributed by atoms with Crippen LogP contribution in [0.1, 0.15) is 68.0 Å². The number of benzene rings is 1. The summed E-state index contributed by atoms with van der Waals surface area (Å²) in [5.74, 6) is 6.58. The number of nitrogens with one attached hydrogen (secondary N) is 1. The highest BCUT2D eigenvalue weighted by molar-refractivity contribution is 5.34. The summed E-state index contributed by atoms with van der Waals surface area (Å²) in [4.78, 5) is 0. The number of hydrogen-bond acceptors (Lipinski definition) is 3. The predicted octanol–water partition coefficient (Wildman–Crippen LogP) is 3.42. The lowest BCUT2D eigenvalue weighted by Gasteiger charge is -2.30. The van der Waals surface area contributed by atoms with Gasteiger partial charge in [0.15, 0.2) is 0 Å². The van der Waals surface area contributed by atoms with E-state index in [1.54, 1.807) is 0 Å². The minimum absolute atomic E-state index is 0.260. The summed E-state index contributed by atoms with van der Waals surface area (Å²) in [6.07, 6.45) is 9.07. The Balaban J connectivity index is 1.67. The highest BCUT2D eigenvalue weighted by Crippen LogP contribution is 2.40. The van der Waals surface area contributed by atoms with Crippen LogP contribution >= 0.6 is 0 Å². The zero-order chi connectivity index (χ0) is 13.8. The summed E-state index contributed by atoms with van der Waals surface area (Å²) in [6.45, 7) is 0.935. The van der Waals surface area contributed by atoms with Gasteiger partial charge in [-0.15, -0.1) is 0 Å². The number of hydrazine groups is 1. The zero-order valence-corrected chi connectivity index (χ0v) is 12.2. The van der Waals surface area contributed by atoms with Gasteiger partial charge in [0.1, 0.15) is 0 Å². The van der Waals surface area contributed by atoms with Gasteiger partial charge in [0.25, 0.3) is 0 Å². The Labute approximate surface area is 121 Å². The van der Waals surface area contributed by atoms with Gasteiger partial charge < -0.3 is 4.74 Å². The monoisotopic (exact) mass is 274 g/mol. The lowest BCUT2D eigenvalue weighted by molar-refractivity contribution is 0.0995. The van der Waals surface area contributed by atoms with Crippen LogP contribution in [0.25, 0.3) is 0 Å². The van der Waals surface area contributed by atoms with Gasteiger partial charge in [0, 0.05) is 12.6 Å². The molecule has 3 nitrogen and oxygen atoms in total. The van der Waals surface area contributed by atoms with E-state index in [1.165, 1.54) is 43.2 Å². The van der Waals surface area contributed by atoms with Crippen molar-refractivity contribution < 1.29 is 4.74 Å². The highest BCUT2D eigenvalue weighted by Gasteiger charge is 2.25. The average molecular weight is 274 g/mol. The van der Waals surface area contributed by atoms with Crippen LogP contribution in [-0.4, -0.2) is 12.7 Å². The van der Waals surface area contributed by atoms with Gasteiger partial charge in [-0.3, -0.25) is 11.3 Å². The van der Waals surface area contributed by atoms with E-state index in [0.29, 0.717) is 6.10 Å². The van der Waals surface area contributed by atoms with Gasteiger partial charge >= 0.3 is 0 Å². The van der Waals surface area contributed by atoms with E-state index in [0.717, 1.165) is 25.4 Å². The lowest BCUT2D eigenvalue weighted by Crippen LogP contribution is -2.30. The van der Waals surface area contributed by atoms with Crippen molar-refractivity contribution in [1.82, 2.24) is 5.43 Å². The Morgan fingerprint density at radius 3 is 2.70 bits per heavy atom. The third kappa shape index (κ3) is 3.05. The van der Waals surface area contributed by atoms with Crippen LogP contribution in [-0.2, 0) is 4.74 Å². The summed E-state index contributed by atoms with van der Waals surface area (Å²) >= 11 is 0. The average Bonchev–Trinajstić information content (AvgIpc) is 2.92. The fraction of sp³-hybridized carbons (Fsp3) is 0.647. The van der Waals surface area contributed by atoms with Crippen molar-refractivity contribution in [2.45, 2.75) is 63.0 Å². The maximum atomic E-state index is 5.83. The van der Waals surface area contributed by atoms with E-state index in [2.05, 4.69) is 29.7 Å². The van der Waals surface area contributed by atoms with E-state index in [1.807, 2.05) is 0 Å². The zero-order valence-electron chi connectivity index (χ0n) is 12.2. The lowest BCUT2D eigenvalue weighted by atomic mass is 9.77. The first-order valence-corrected chi connectivity index (χ1v) is 8.05. The van der Waals surface area contributed by atoms with Crippen LogP contribution in [0.4, 0.5) is 0 Å². The molecule has 110 valence electrons. The van der Waals surface area contributed by atoms with Crippen molar-refractivity contribution in [2.24, 2.45) is 5.84 Å². The van der Waals surface area contributed by atoms with Crippen molar-refractivity contribution in [1.29, 1.82) is 0 Å². The maximum absolute atomic E-state index is 5.83. The molecule has 2 unspecified atom stereocenters. The van der Waals surface area contributed by atoms with Crippen LogP contribution < -0.4 is 11.3 Å². The number of hydrogen-bond donors (Lipinski definition) is 2. The quantitative estimate of drug-likeness (QED) is 0.617. The Morgan fingerprint density at radius 2 is 2.05 bits per heavy atom. The molecule has 2 aliphatic rings. The topological polar surface area (TPSA) is 47.3 Å². The molecule has 1 heterocycles. The van der Waals surface area contributed by atoms with E-state index < -0.39 is 0 Å². The van der Waals surface area contributed by atoms with Crippen LogP contribution in [0.5, 0.6) is 0 Å². The van der Waals surface area contributed by atoms with E-state index in [9.17, 15) is 0 Å². The van der Waals surface area contributed by atoms with Gasteiger partial charge in [0.05, 0.1) is 6.10 Å². The first-order valence-electron chi connectivity index (χ1n) is 8.05. The molecule has 1 aliphatic carbocycles. The number of ether oxygens (including phenoxy) is 1. The normalized spacial score (nSPS) is 24.6. The molecule has 0 radical (unpaired) electrons. The Kier molecular flexibility index (Phi) is 4.71. The summed E-state index contributed by atoms with van der Waals surface area (Å²) in [5, 5.41) is 0. The van der Waals surface area contributed by atoms with E-state index in [4.69, 9.17) is 10.6 Å².